The zero-order valence-corrected chi connectivity index (χ0v) is 15.3. The van der Waals surface area contributed by atoms with Crippen LogP contribution in [-0.2, 0) is 21.2 Å². The van der Waals surface area contributed by atoms with E-state index in [1.165, 1.54) is 0 Å². The second-order valence-corrected chi connectivity index (χ2v) is 8.23. The van der Waals surface area contributed by atoms with Crippen molar-refractivity contribution < 1.29 is 13.2 Å². The molecule has 0 bridgehead atoms. The molecule has 0 amide bonds. The highest BCUT2D eigenvalue weighted by molar-refractivity contribution is 7.89. The summed E-state index contributed by atoms with van der Waals surface area (Å²) in [6.07, 6.45) is 3.68. The van der Waals surface area contributed by atoms with Crippen LogP contribution in [0.1, 0.15) is 31.7 Å². The molecule has 130 valence electrons. The Kier molecular flexibility index (Phi) is 6.45. The van der Waals surface area contributed by atoms with Gasteiger partial charge in [-0.2, -0.15) is 0 Å². The second kappa shape index (κ2) is 7.94. The van der Waals surface area contributed by atoms with Crippen molar-refractivity contribution >= 4 is 21.6 Å². The van der Waals surface area contributed by atoms with Crippen LogP contribution < -0.4 is 10.0 Å². The summed E-state index contributed by atoms with van der Waals surface area (Å²) >= 11 is 6.11. The van der Waals surface area contributed by atoms with Gasteiger partial charge in [-0.25, -0.2) is 13.1 Å². The molecule has 1 atom stereocenters. The molecule has 1 aliphatic rings. The van der Waals surface area contributed by atoms with Gasteiger partial charge in [-0.1, -0.05) is 31.0 Å². The Morgan fingerprint density at radius 3 is 2.83 bits per heavy atom. The number of aryl methyl sites for hydroxylation is 1. The third-order valence-electron chi connectivity index (χ3n) is 4.18. The van der Waals surface area contributed by atoms with Crippen molar-refractivity contribution in [2.24, 2.45) is 0 Å². The lowest BCUT2D eigenvalue weighted by Crippen LogP contribution is -2.52. The largest absolute Gasteiger partial charge is 0.383 e. The molecular weight excluding hydrogens is 336 g/mol. The molecule has 1 fully saturated rings. The smallest absolute Gasteiger partial charge is 0.242 e. The standard InChI is InChI=1S/C16H25ClN2O3S/c1-3-5-13-6-7-14(17)15(10-13)23(20,21)19-11-16(12-22-2)8-4-9-18-16/h6-7,10,18-19H,3-5,8-9,11-12H2,1-2H3. The molecule has 1 saturated heterocycles. The maximum Gasteiger partial charge on any atom is 0.242 e. The number of nitrogens with one attached hydrogen (secondary N) is 2. The van der Waals surface area contributed by atoms with Crippen LogP contribution in [0.15, 0.2) is 23.1 Å². The zero-order valence-electron chi connectivity index (χ0n) is 13.7. The van der Waals surface area contributed by atoms with Gasteiger partial charge in [-0.05, 0) is 43.5 Å². The number of methoxy groups -OCH3 is 1. The van der Waals surface area contributed by atoms with E-state index in [1.54, 1.807) is 19.2 Å². The zero-order chi connectivity index (χ0) is 16.9. The van der Waals surface area contributed by atoms with Crippen molar-refractivity contribution in [3.8, 4) is 0 Å². The molecule has 0 radical (unpaired) electrons. The minimum absolute atomic E-state index is 0.149. The predicted octanol–water partition coefficient (Wildman–Crippen LogP) is 2.34. The molecule has 0 aliphatic carbocycles. The highest BCUT2D eigenvalue weighted by Gasteiger charge is 2.35. The fraction of sp³-hybridized carbons (Fsp3) is 0.625. The third kappa shape index (κ3) is 4.67. The topological polar surface area (TPSA) is 67.4 Å². The Balaban J connectivity index is 2.16. The number of halogens is 1. The molecule has 23 heavy (non-hydrogen) atoms. The second-order valence-electron chi connectivity index (χ2n) is 6.08. The van der Waals surface area contributed by atoms with Gasteiger partial charge >= 0.3 is 0 Å². The van der Waals surface area contributed by atoms with Crippen LogP contribution in [0.5, 0.6) is 0 Å². The van der Waals surface area contributed by atoms with E-state index in [0.717, 1.165) is 37.8 Å². The van der Waals surface area contributed by atoms with Gasteiger partial charge in [-0.15, -0.1) is 0 Å². The van der Waals surface area contributed by atoms with Crippen molar-refractivity contribution in [1.82, 2.24) is 10.0 Å². The first-order chi connectivity index (χ1) is 10.9. The molecule has 5 nitrogen and oxygen atoms in total. The number of hydrogen-bond acceptors (Lipinski definition) is 4. The lowest BCUT2D eigenvalue weighted by atomic mass is 9.99. The van der Waals surface area contributed by atoms with Gasteiger partial charge in [0.1, 0.15) is 4.90 Å². The van der Waals surface area contributed by atoms with E-state index >= 15 is 0 Å². The van der Waals surface area contributed by atoms with E-state index < -0.39 is 10.0 Å². The molecule has 0 aromatic heterocycles. The fourth-order valence-corrected chi connectivity index (χ4v) is 4.65. The fourth-order valence-electron chi connectivity index (χ4n) is 2.98. The van der Waals surface area contributed by atoms with Crippen molar-refractivity contribution in [1.29, 1.82) is 0 Å². The molecule has 0 spiro atoms. The molecule has 7 heteroatoms. The van der Waals surface area contributed by atoms with Gasteiger partial charge in [0.05, 0.1) is 17.2 Å². The average Bonchev–Trinajstić information content (AvgIpc) is 2.97. The van der Waals surface area contributed by atoms with Crippen molar-refractivity contribution in [2.45, 2.75) is 43.0 Å². The Morgan fingerprint density at radius 1 is 1.43 bits per heavy atom. The Morgan fingerprint density at radius 2 is 2.22 bits per heavy atom. The third-order valence-corrected chi connectivity index (χ3v) is 6.06. The van der Waals surface area contributed by atoms with Crippen LogP contribution in [0.25, 0.3) is 0 Å². The van der Waals surface area contributed by atoms with Crippen LogP contribution in [0.2, 0.25) is 5.02 Å². The summed E-state index contributed by atoms with van der Waals surface area (Å²) in [7, 11) is -2.03. The van der Waals surface area contributed by atoms with E-state index in [9.17, 15) is 8.42 Å². The summed E-state index contributed by atoms with van der Waals surface area (Å²) in [4.78, 5) is 0.149. The number of sulfonamides is 1. The predicted molar refractivity (Wildman–Crippen MR) is 92.5 cm³/mol. The summed E-state index contributed by atoms with van der Waals surface area (Å²) < 4.78 is 33.2. The van der Waals surface area contributed by atoms with E-state index in [-0.39, 0.29) is 22.0 Å². The van der Waals surface area contributed by atoms with Crippen LogP contribution in [0, 0.1) is 0 Å². The van der Waals surface area contributed by atoms with E-state index in [1.807, 2.05) is 6.07 Å². The maximum absolute atomic E-state index is 12.6. The molecule has 1 aromatic carbocycles. The Bertz CT molecular complexity index is 628. The quantitative estimate of drug-likeness (QED) is 0.746. The van der Waals surface area contributed by atoms with Gasteiger partial charge in [-0.3, -0.25) is 0 Å². The van der Waals surface area contributed by atoms with E-state index in [4.69, 9.17) is 16.3 Å². The van der Waals surface area contributed by atoms with Crippen LogP contribution in [0.4, 0.5) is 0 Å². The number of hydrogen-bond donors (Lipinski definition) is 2. The molecule has 1 aromatic rings. The highest BCUT2D eigenvalue weighted by atomic mass is 35.5. The normalized spacial score (nSPS) is 21.7. The number of rotatable bonds is 8. The molecule has 2 N–H and O–H groups in total. The van der Waals surface area contributed by atoms with Gasteiger partial charge in [0.25, 0.3) is 0 Å². The number of ether oxygens (including phenoxy) is 1. The molecule has 1 aliphatic heterocycles. The molecule has 0 saturated carbocycles. The van der Waals surface area contributed by atoms with Crippen molar-refractivity contribution in [2.75, 3.05) is 26.8 Å². The summed E-state index contributed by atoms with van der Waals surface area (Å²) in [5.74, 6) is 0. The molecule has 1 unspecified atom stereocenters. The van der Waals surface area contributed by atoms with Gasteiger partial charge in [0.2, 0.25) is 10.0 Å². The van der Waals surface area contributed by atoms with E-state index in [0.29, 0.717) is 6.61 Å². The summed E-state index contributed by atoms with van der Waals surface area (Å²) in [5, 5.41) is 3.60. The Labute approximate surface area is 143 Å². The molecule has 2 rings (SSSR count). The summed E-state index contributed by atoms with van der Waals surface area (Å²) in [6.45, 7) is 3.69. The van der Waals surface area contributed by atoms with Gasteiger partial charge < -0.3 is 10.1 Å². The van der Waals surface area contributed by atoms with Crippen LogP contribution >= 0.6 is 11.6 Å². The first-order valence-electron chi connectivity index (χ1n) is 7.94. The maximum atomic E-state index is 12.6. The van der Waals surface area contributed by atoms with Gasteiger partial charge in [0, 0.05) is 13.7 Å². The first kappa shape index (κ1) is 18.7. The summed E-state index contributed by atoms with van der Waals surface area (Å²) in [5.41, 5.74) is 0.637. The minimum atomic E-state index is -3.65. The molecular formula is C16H25ClN2O3S. The van der Waals surface area contributed by atoms with Crippen LogP contribution in [0.3, 0.4) is 0 Å². The highest BCUT2D eigenvalue weighted by Crippen LogP contribution is 2.25. The van der Waals surface area contributed by atoms with Crippen molar-refractivity contribution in [3.05, 3.63) is 28.8 Å². The van der Waals surface area contributed by atoms with E-state index in [2.05, 4.69) is 17.0 Å². The monoisotopic (exact) mass is 360 g/mol. The first-order valence-corrected chi connectivity index (χ1v) is 9.81. The minimum Gasteiger partial charge on any atom is -0.383 e. The average molecular weight is 361 g/mol. The van der Waals surface area contributed by atoms with Gasteiger partial charge in [0.15, 0.2) is 0 Å². The van der Waals surface area contributed by atoms with Crippen LogP contribution in [-0.4, -0.2) is 40.8 Å². The summed E-state index contributed by atoms with van der Waals surface area (Å²) in [6, 6.07) is 5.19. The number of benzene rings is 1. The molecule has 1 heterocycles. The SMILES string of the molecule is CCCc1ccc(Cl)c(S(=O)(=O)NCC2(COC)CCCN2)c1. The lowest BCUT2D eigenvalue weighted by Gasteiger charge is -2.29. The Hall–Kier alpha value is -0.660. The van der Waals surface area contributed by atoms with Crippen molar-refractivity contribution in [3.63, 3.8) is 0 Å². The lowest BCUT2D eigenvalue weighted by molar-refractivity contribution is 0.122.